The van der Waals surface area contributed by atoms with E-state index >= 15 is 0 Å². The molecular formula is C12H12Co5O12-12. The third-order valence-corrected chi connectivity index (χ3v) is 0. The van der Waals surface area contributed by atoms with E-state index in [9.17, 15) is 0 Å². The van der Waals surface area contributed by atoms with Gasteiger partial charge in [0, 0.05) is 83.9 Å². The fraction of sp³-hybridized carbons (Fsp3) is 0. The van der Waals surface area contributed by atoms with Gasteiger partial charge in [-0.2, -0.15) is 0 Å². The summed E-state index contributed by atoms with van der Waals surface area (Å²) in [6.45, 7) is 39.0. The first-order valence-corrected chi connectivity index (χ1v) is 2.83. The van der Waals surface area contributed by atoms with Gasteiger partial charge in [-0.15, -0.1) is 0 Å². The molecule has 0 aliphatic rings. The maximum Gasteiger partial charge on any atom is 0 e. The van der Waals surface area contributed by atoms with E-state index in [4.69, 9.17) is 57.5 Å². The molecule has 0 N–H and O–H groups in total. The molecule has 0 rings (SSSR count). The molecule has 0 amide bonds. The molecule has 0 unspecified atom stereocenters. The molecule has 17 heteroatoms. The van der Waals surface area contributed by atoms with E-state index in [-0.39, 0.29) is 83.9 Å². The third-order valence-electron chi connectivity index (χ3n) is 0. The van der Waals surface area contributed by atoms with Crippen LogP contribution in [-0.2, 0) is 141 Å². The zero-order valence-corrected chi connectivity index (χ0v) is 18.7. The molecule has 0 saturated carbocycles. The van der Waals surface area contributed by atoms with E-state index in [1.54, 1.807) is 0 Å². The van der Waals surface area contributed by atoms with Crippen LogP contribution in [0.25, 0.3) is 0 Å². The molecule has 0 spiro atoms. The van der Waals surface area contributed by atoms with Crippen LogP contribution in [0.1, 0.15) is 0 Å². The summed E-state index contributed by atoms with van der Waals surface area (Å²) in [7, 11) is 0. The summed E-state index contributed by atoms with van der Waals surface area (Å²) >= 11 is 0. The number of carbonyl (C=O) groups excluding carboxylic acids is 12. The van der Waals surface area contributed by atoms with Crippen molar-refractivity contribution in [1.82, 2.24) is 0 Å². The van der Waals surface area contributed by atoms with E-state index in [1.165, 1.54) is 0 Å². The second kappa shape index (κ2) is 8530. The van der Waals surface area contributed by atoms with Crippen LogP contribution in [-0.4, -0.2) is 81.5 Å². The van der Waals surface area contributed by atoms with Crippen LogP contribution in [0.3, 0.4) is 0 Å². The Kier molecular flexibility index (Phi) is 51200. The van der Waals surface area contributed by atoms with Crippen LogP contribution >= 0.6 is 0 Å². The molecule has 0 aromatic heterocycles. The predicted octanol–water partition coefficient (Wildman–Crippen LogP) is -3.30. The Morgan fingerprint density at radius 2 is 0.138 bits per heavy atom. The Morgan fingerprint density at radius 1 is 0.138 bits per heavy atom. The van der Waals surface area contributed by atoms with Gasteiger partial charge in [-0.25, -0.2) is 0 Å². The minimum Gasteiger partial charge on any atom is -0.545 e. The smallest absolute Gasteiger partial charge is 0 e. The van der Waals surface area contributed by atoms with Crippen LogP contribution in [0.2, 0.25) is 0 Å². The van der Waals surface area contributed by atoms with E-state index in [1.807, 2.05) is 0 Å². The Bertz CT molecular complexity index is 86.3. The summed E-state index contributed by atoms with van der Waals surface area (Å²) in [6, 6.07) is 0. The van der Waals surface area contributed by atoms with Gasteiger partial charge >= 0.3 is 0 Å². The topological polar surface area (TPSA) is 205 Å². The van der Waals surface area contributed by atoms with Crippen molar-refractivity contribution >= 4 is 81.5 Å². The van der Waals surface area contributed by atoms with Gasteiger partial charge in [0.2, 0.25) is 0 Å². The molecule has 0 aliphatic carbocycles. The van der Waals surface area contributed by atoms with Crippen molar-refractivity contribution < 1.29 is 141 Å². The van der Waals surface area contributed by atoms with Crippen molar-refractivity contribution in [1.29, 1.82) is 0 Å². The Labute approximate surface area is 221 Å². The molecule has 0 heterocycles. The molecule has 29 heavy (non-hydrogen) atoms. The van der Waals surface area contributed by atoms with E-state index in [0.29, 0.717) is 0 Å². The molecular weight excluding hydrogens is 631 g/mol. The molecule has 0 atom stereocenters. The first kappa shape index (κ1) is 174. The largest absolute Gasteiger partial charge is 0.545 e. The van der Waals surface area contributed by atoms with Crippen LogP contribution < -0.4 is 0 Å². The summed E-state index contributed by atoms with van der Waals surface area (Å²) in [5, 5.41) is 0. The summed E-state index contributed by atoms with van der Waals surface area (Å²) < 4.78 is 0. The number of rotatable bonds is 0. The summed E-state index contributed by atoms with van der Waals surface area (Å²) in [6.07, 6.45) is 0. The SMILES string of the molecule is [CH-]=O.[CH-]=O.[CH-]=O.[CH-]=O.[CH-]=O.[CH-]=O.[CH-]=O.[CH-]=O.[CH-]=O.[CH-]=O.[CH-]=O.[CH-]=O.[Co].[Co].[Co].[Co].[Co]. The van der Waals surface area contributed by atoms with Crippen molar-refractivity contribution in [2.75, 3.05) is 0 Å². The zero-order valence-electron chi connectivity index (χ0n) is 13.5. The maximum atomic E-state index is 7.75. The fourth-order valence-electron chi connectivity index (χ4n) is 0. The van der Waals surface area contributed by atoms with Gasteiger partial charge in [-0.1, -0.05) is 0 Å². The van der Waals surface area contributed by atoms with E-state index in [0.717, 1.165) is 0 Å². The monoisotopic (exact) mass is 643 g/mol. The Hall–Kier alpha value is -1.43. The van der Waals surface area contributed by atoms with Gasteiger partial charge in [0.15, 0.2) is 0 Å². The van der Waals surface area contributed by atoms with Gasteiger partial charge in [-0.05, 0) is 0 Å². The summed E-state index contributed by atoms with van der Waals surface area (Å²) in [5.74, 6) is 0. The Balaban J connectivity index is -0.00000000356. The van der Waals surface area contributed by atoms with Gasteiger partial charge in [0.25, 0.3) is 0 Å². The fourth-order valence-corrected chi connectivity index (χ4v) is 0. The van der Waals surface area contributed by atoms with Gasteiger partial charge in [0.05, 0.1) is 0 Å². The van der Waals surface area contributed by atoms with Crippen LogP contribution in [0.15, 0.2) is 0 Å². The molecule has 0 aromatic rings. The molecule has 0 aliphatic heterocycles. The first-order valence-electron chi connectivity index (χ1n) is 2.83. The summed E-state index contributed by atoms with van der Waals surface area (Å²) in [5.41, 5.74) is 0. The minimum atomic E-state index is 0. The van der Waals surface area contributed by atoms with Crippen LogP contribution in [0.5, 0.6) is 0 Å². The maximum absolute atomic E-state index is 7.75. The normalized spacial score (nSPS) is 1.66. The molecule has 0 fully saturated rings. The summed E-state index contributed by atoms with van der Waals surface area (Å²) in [4.78, 5) is 93.0. The van der Waals surface area contributed by atoms with E-state index in [2.05, 4.69) is 81.5 Å². The quantitative estimate of drug-likeness (QED) is 0.188. The second-order valence-electron chi connectivity index (χ2n) is 0. The van der Waals surface area contributed by atoms with Crippen LogP contribution in [0.4, 0.5) is 0 Å². The van der Waals surface area contributed by atoms with Crippen molar-refractivity contribution in [2.24, 2.45) is 0 Å². The van der Waals surface area contributed by atoms with Crippen LogP contribution in [0, 0.1) is 0 Å². The third kappa shape index (κ3) is 7870. The van der Waals surface area contributed by atoms with Crippen molar-refractivity contribution in [3.63, 3.8) is 0 Å². The zero-order chi connectivity index (χ0) is 24.0. The number of hydrogen-bond donors (Lipinski definition) is 0. The van der Waals surface area contributed by atoms with Crippen molar-refractivity contribution in [2.45, 2.75) is 0 Å². The molecule has 0 saturated heterocycles. The first-order chi connectivity index (χ1) is 12.0. The minimum absolute atomic E-state index is 0. The molecule has 0 bridgehead atoms. The Morgan fingerprint density at radius 3 is 0.138 bits per heavy atom. The molecule has 189 valence electrons. The molecule has 5 radical (unpaired) electrons. The average Bonchev–Trinajstić information content (AvgIpc) is 2.84. The standard InChI is InChI=1S/12CHO.5Co/c12*1-2;;;;;/h12*1H;;;;;/q12*-1;;;;;. The predicted molar refractivity (Wildman–Crippen MR) is 81.0 cm³/mol. The number of hydrogen-bond acceptors (Lipinski definition) is 12. The van der Waals surface area contributed by atoms with Gasteiger partial charge in [-0.3, -0.25) is 81.5 Å². The van der Waals surface area contributed by atoms with Gasteiger partial charge in [0.1, 0.15) is 0 Å². The average molecular weight is 643 g/mol. The second-order valence-corrected chi connectivity index (χ2v) is 0. The van der Waals surface area contributed by atoms with Crippen molar-refractivity contribution in [3.8, 4) is 0 Å². The molecule has 0 aromatic carbocycles. The van der Waals surface area contributed by atoms with Crippen molar-refractivity contribution in [3.05, 3.63) is 0 Å². The molecule has 12 nitrogen and oxygen atoms in total. The van der Waals surface area contributed by atoms with Gasteiger partial charge < -0.3 is 57.5 Å². The van der Waals surface area contributed by atoms with E-state index < -0.39 is 0 Å².